The van der Waals surface area contributed by atoms with Crippen LogP contribution in [0, 0.1) is 10.8 Å². The van der Waals surface area contributed by atoms with Crippen molar-refractivity contribution in [2.45, 2.75) is 98.6 Å². The van der Waals surface area contributed by atoms with Gasteiger partial charge in [0.25, 0.3) is 0 Å². The van der Waals surface area contributed by atoms with Crippen LogP contribution in [0.5, 0.6) is 0 Å². The van der Waals surface area contributed by atoms with Gasteiger partial charge in [0.2, 0.25) is 0 Å². The number of hydrogen-bond acceptors (Lipinski definition) is 3. The number of carbonyl (C=O) groups excluding carboxylic acids is 1. The summed E-state index contributed by atoms with van der Waals surface area (Å²) in [4.78, 5) is 12.7. The van der Waals surface area contributed by atoms with Crippen molar-refractivity contribution < 1.29 is 4.79 Å². The van der Waals surface area contributed by atoms with Crippen molar-refractivity contribution in [2.24, 2.45) is 22.3 Å². The van der Waals surface area contributed by atoms with Crippen molar-refractivity contribution in [3.05, 3.63) is 0 Å². The summed E-state index contributed by atoms with van der Waals surface area (Å²) in [5.74, 6) is 0.387. The lowest BCUT2D eigenvalue weighted by Gasteiger charge is -2.39. The molecule has 0 fully saturated rings. The van der Waals surface area contributed by atoms with Crippen LogP contribution >= 0.6 is 0 Å². The highest BCUT2D eigenvalue weighted by molar-refractivity contribution is 5.84. The molecule has 0 saturated carbocycles. The number of ketones is 1. The monoisotopic (exact) mass is 298 g/mol. The molecular weight excluding hydrogens is 260 g/mol. The molecule has 0 saturated heterocycles. The van der Waals surface area contributed by atoms with Gasteiger partial charge in [0, 0.05) is 11.8 Å². The summed E-state index contributed by atoms with van der Waals surface area (Å²) >= 11 is 0. The van der Waals surface area contributed by atoms with Crippen molar-refractivity contribution in [1.29, 1.82) is 0 Å². The average Bonchev–Trinajstić information content (AvgIpc) is 2.35. The van der Waals surface area contributed by atoms with E-state index in [4.69, 9.17) is 11.5 Å². The zero-order valence-corrected chi connectivity index (χ0v) is 15.2. The second-order valence-electron chi connectivity index (χ2n) is 7.86. The number of nitrogens with two attached hydrogens (primary N) is 2. The Morgan fingerprint density at radius 2 is 1.43 bits per heavy atom. The number of carbonyl (C=O) groups is 1. The van der Waals surface area contributed by atoms with E-state index in [0.29, 0.717) is 12.2 Å². The molecule has 0 aliphatic rings. The summed E-state index contributed by atoms with van der Waals surface area (Å²) in [6.45, 7) is 12.4. The van der Waals surface area contributed by atoms with Gasteiger partial charge in [0.15, 0.2) is 0 Å². The molecule has 4 N–H and O–H groups in total. The third-order valence-corrected chi connectivity index (χ3v) is 5.24. The minimum absolute atomic E-state index is 0.167. The smallest absolute Gasteiger partial charge is 0.138 e. The SMILES string of the molecule is CCCCCC(C)(CCC)C(=O)CCC(C)(C)C(C)(N)N. The summed E-state index contributed by atoms with van der Waals surface area (Å²) in [7, 11) is 0. The van der Waals surface area contributed by atoms with Crippen LogP contribution in [0.4, 0.5) is 0 Å². The maximum absolute atomic E-state index is 12.7. The Balaban J connectivity index is 4.69. The Labute approximate surface area is 132 Å². The van der Waals surface area contributed by atoms with Crippen LogP contribution in [0.3, 0.4) is 0 Å². The van der Waals surface area contributed by atoms with Crippen LogP contribution in [0.2, 0.25) is 0 Å². The molecule has 0 heterocycles. The van der Waals surface area contributed by atoms with E-state index in [1.54, 1.807) is 0 Å². The highest BCUT2D eigenvalue weighted by atomic mass is 16.1. The highest BCUT2D eigenvalue weighted by Crippen LogP contribution is 2.36. The molecule has 3 nitrogen and oxygen atoms in total. The predicted molar refractivity (Wildman–Crippen MR) is 92.0 cm³/mol. The number of unbranched alkanes of at least 4 members (excludes halogenated alkanes) is 2. The predicted octanol–water partition coefficient (Wildman–Crippen LogP) is 4.38. The molecule has 0 aliphatic carbocycles. The van der Waals surface area contributed by atoms with E-state index in [-0.39, 0.29) is 10.8 Å². The first-order chi connectivity index (χ1) is 9.50. The largest absolute Gasteiger partial charge is 0.313 e. The molecule has 3 heteroatoms. The Hall–Kier alpha value is -0.410. The molecule has 126 valence electrons. The standard InChI is InChI=1S/C18H38N2O/c1-7-9-10-13-17(5,12-8-2)15(21)11-14-16(3,4)18(6,19)20/h7-14,19-20H2,1-6H3. The molecule has 0 radical (unpaired) electrons. The van der Waals surface area contributed by atoms with Crippen LogP contribution in [0.1, 0.15) is 92.9 Å². The summed E-state index contributed by atoms with van der Waals surface area (Å²) in [6.07, 6.45) is 7.94. The molecule has 0 bridgehead atoms. The molecule has 0 rings (SSSR count). The van der Waals surface area contributed by atoms with E-state index >= 15 is 0 Å². The van der Waals surface area contributed by atoms with Crippen LogP contribution in [-0.4, -0.2) is 11.4 Å². The Bertz CT molecular complexity index is 318. The first-order valence-corrected chi connectivity index (χ1v) is 8.61. The highest BCUT2D eigenvalue weighted by Gasteiger charge is 2.37. The van der Waals surface area contributed by atoms with Crippen molar-refractivity contribution >= 4 is 5.78 Å². The van der Waals surface area contributed by atoms with Crippen LogP contribution in [-0.2, 0) is 4.79 Å². The molecule has 21 heavy (non-hydrogen) atoms. The van der Waals surface area contributed by atoms with Gasteiger partial charge in [-0.3, -0.25) is 4.79 Å². The van der Waals surface area contributed by atoms with Crippen molar-refractivity contribution in [1.82, 2.24) is 0 Å². The van der Waals surface area contributed by atoms with E-state index in [0.717, 1.165) is 32.1 Å². The van der Waals surface area contributed by atoms with Gasteiger partial charge < -0.3 is 11.5 Å². The minimum Gasteiger partial charge on any atom is -0.313 e. The lowest BCUT2D eigenvalue weighted by atomic mass is 9.71. The lowest BCUT2D eigenvalue weighted by Crippen LogP contribution is -2.58. The average molecular weight is 299 g/mol. The van der Waals surface area contributed by atoms with Gasteiger partial charge in [-0.2, -0.15) is 0 Å². The number of hydrogen-bond donors (Lipinski definition) is 2. The Kier molecular flexibility index (Phi) is 8.12. The zero-order valence-electron chi connectivity index (χ0n) is 15.2. The van der Waals surface area contributed by atoms with Gasteiger partial charge in [-0.25, -0.2) is 0 Å². The maximum Gasteiger partial charge on any atom is 0.138 e. The Morgan fingerprint density at radius 3 is 1.86 bits per heavy atom. The molecule has 0 aromatic carbocycles. The quantitative estimate of drug-likeness (QED) is 0.439. The molecule has 1 unspecified atom stereocenters. The van der Waals surface area contributed by atoms with Crippen LogP contribution < -0.4 is 11.5 Å². The van der Waals surface area contributed by atoms with E-state index in [9.17, 15) is 4.79 Å². The topological polar surface area (TPSA) is 69.1 Å². The molecule has 1 atom stereocenters. The van der Waals surface area contributed by atoms with Gasteiger partial charge in [-0.15, -0.1) is 0 Å². The van der Waals surface area contributed by atoms with Gasteiger partial charge in [-0.05, 0) is 31.6 Å². The van der Waals surface area contributed by atoms with Crippen LogP contribution in [0.15, 0.2) is 0 Å². The fourth-order valence-corrected chi connectivity index (χ4v) is 2.72. The van der Waals surface area contributed by atoms with E-state index in [1.165, 1.54) is 12.8 Å². The summed E-state index contributed by atoms with van der Waals surface area (Å²) < 4.78 is 0. The van der Waals surface area contributed by atoms with E-state index in [2.05, 4.69) is 34.6 Å². The second kappa shape index (κ2) is 8.28. The van der Waals surface area contributed by atoms with Gasteiger partial charge in [-0.1, -0.05) is 60.3 Å². The maximum atomic E-state index is 12.7. The summed E-state index contributed by atoms with van der Waals surface area (Å²) in [5.41, 5.74) is 10.9. The fourth-order valence-electron chi connectivity index (χ4n) is 2.72. The lowest BCUT2D eigenvalue weighted by molar-refractivity contribution is -0.129. The molecule has 0 spiro atoms. The third-order valence-electron chi connectivity index (χ3n) is 5.24. The normalized spacial score (nSPS) is 15.8. The summed E-state index contributed by atoms with van der Waals surface area (Å²) in [5, 5.41) is 0. The van der Waals surface area contributed by atoms with Crippen LogP contribution in [0.25, 0.3) is 0 Å². The Morgan fingerprint density at radius 1 is 0.857 bits per heavy atom. The number of rotatable bonds is 11. The summed E-state index contributed by atoms with van der Waals surface area (Å²) in [6, 6.07) is 0. The fraction of sp³-hybridized carbons (Fsp3) is 0.944. The van der Waals surface area contributed by atoms with Crippen molar-refractivity contribution in [2.75, 3.05) is 0 Å². The molecule has 0 amide bonds. The second-order valence-corrected chi connectivity index (χ2v) is 7.86. The third kappa shape index (κ3) is 6.48. The zero-order chi connectivity index (χ0) is 16.7. The number of Topliss-reactive ketones (excluding diaryl/α,β-unsaturated/α-hetero) is 1. The first-order valence-electron chi connectivity index (χ1n) is 8.61. The van der Waals surface area contributed by atoms with Crippen molar-refractivity contribution in [3.63, 3.8) is 0 Å². The molecule has 0 aliphatic heterocycles. The molecular formula is C18H38N2O. The molecule has 0 aromatic rings. The first kappa shape index (κ1) is 20.6. The van der Waals surface area contributed by atoms with Gasteiger partial charge >= 0.3 is 0 Å². The minimum atomic E-state index is -0.753. The van der Waals surface area contributed by atoms with Gasteiger partial charge in [0.1, 0.15) is 5.78 Å². The van der Waals surface area contributed by atoms with Gasteiger partial charge in [0.05, 0.1) is 5.66 Å². The van der Waals surface area contributed by atoms with E-state index < -0.39 is 5.66 Å². The van der Waals surface area contributed by atoms with E-state index in [1.807, 2.05) is 6.92 Å². The molecule has 0 aromatic heterocycles. The van der Waals surface area contributed by atoms with Crippen molar-refractivity contribution in [3.8, 4) is 0 Å².